The molecule has 1 atom stereocenters. The number of piperazine rings is 1. The maximum absolute atomic E-state index is 13.2. The third-order valence-corrected chi connectivity index (χ3v) is 5.78. The normalized spacial score (nSPS) is 15.7. The summed E-state index contributed by atoms with van der Waals surface area (Å²) >= 11 is 0. The minimum Gasteiger partial charge on any atom is -0.495 e. The van der Waals surface area contributed by atoms with E-state index in [4.69, 9.17) is 4.74 Å². The number of hydrogen-bond donors (Lipinski definition) is 1. The second-order valence-corrected chi connectivity index (χ2v) is 9.02. The first-order valence-corrected chi connectivity index (χ1v) is 11.5. The Hall–Kier alpha value is -2.65. The maximum atomic E-state index is 13.2. The van der Waals surface area contributed by atoms with Gasteiger partial charge < -0.3 is 14.5 Å². The van der Waals surface area contributed by atoms with Crippen LogP contribution in [0.15, 0.2) is 48.5 Å². The van der Waals surface area contributed by atoms with E-state index < -0.39 is 21.9 Å². The summed E-state index contributed by atoms with van der Waals surface area (Å²) in [4.78, 5) is 16.8. The van der Waals surface area contributed by atoms with Gasteiger partial charge in [-0.15, -0.1) is 0 Å². The minimum atomic E-state index is -3.55. The number of carbonyl (C=O) groups excluding carboxylic acids is 1. The third kappa shape index (κ3) is 5.70. The second-order valence-electron chi connectivity index (χ2n) is 7.24. The van der Waals surface area contributed by atoms with E-state index >= 15 is 0 Å². The van der Waals surface area contributed by atoms with Crippen LogP contribution in [0.1, 0.15) is 18.0 Å². The summed E-state index contributed by atoms with van der Waals surface area (Å²) in [5.41, 5.74) is 1.53. The molecule has 0 radical (unpaired) electrons. The van der Waals surface area contributed by atoms with Gasteiger partial charge in [0, 0.05) is 32.6 Å². The van der Waals surface area contributed by atoms with Crippen molar-refractivity contribution >= 4 is 21.6 Å². The summed E-state index contributed by atoms with van der Waals surface area (Å²) in [6.45, 7) is 2.33. The summed E-state index contributed by atoms with van der Waals surface area (Å²) in [6, 6.07) is 12.5. The molecule has 30 heavy (non-hydrogen) atoms. The average molecular weight is 436 g/mol. The Morgan fingerprint density at radius 2 is 1.73 bits per heavy atom. The Labute approximate surface area is 176 Å². The molecule has 162 valence electrons. The largest absolute Gasteiger partial charge is 0.495 e. The lowest BCUT2D eigenvalue weighted by Gasteiger charge is -2.37. The number of amides is 1. The van der Waals surface area contributed by atoms with E-state index in [9.17, 15) is 17.6 Å². The van der Waals surface area contributed by atoms with Crippen molar-refractivity contribution in [3.63, 3.8) is 0 Å². The van der Waals surface area contributed by atoms with E-state index in [1.54, 1.807) is 12.0 Å². The van der Waals surface area contributed by atoms with Crippen LogP contribution in [0, 0.1) is 5.82 Å². The van der Waals surface area contributed by atoms with E-state index in [2.05, 4.69) is 9.62 Å². The third-order valence-electron chi connectivity index (χ3n) is 5.07. The molecule has 0 bridgehead atoms. The first kappa shape index (κ1) is 22.0. The van der Waals surface area contributed by atoms with Gasteiger partial charge in [-0.25, -0.2) is 17.5 Å². The highest BCUT2D eigenvalue weighted by molar-refractivity contribution is 7.88. The summed E-state index contributed by atoms with van der Waals surface area (Å²) in [5, 5.41) is 0. The average Bonchev–Trinajstić information content (AvgIpc) is 2.73. The number of anilines is 1. The van der Waals surface area contributed by atoms with Crippen molar-refractivity contribution in [3.8, 4) is 5.75 Å². The molecule has 1 N–H and O–H groups in total. The lowest BCUT2D eigenvalue weighted by molar-refractivity contribution is -0.132. The van der Waals surface area contributed by atoms with Gasteiger partial charge in [0.05, 0.1) is 25.1 Å². The van der Waals surface area contributed by atoms with Crippen LogP contribution in [-0.4, -0.2) is 58.8 Å². The number of halogens is 1. The Balaban J connectivity index is 1.66. The number of carbonyl (C=O) groups is 1. The van der Waals surface area contributed by atoms with E-state index in [0.717, 1.165) is 17.7 Å². The van der Waals surface area contributed by atoms with Crippen LogP contribution in [-0.2, 0) is 14.8 Å². The van der Waals surface area contributed by atoms with Crippen molar-refractivity contribution in [2.24, 2.45) is 0 Å². The highest BCUT2D eigenvalue weighted by Crippen LogP contribution is 2.28. The van der Waals surface area contributed by atoms with Crippen LogP contribution < -0.4 is 14.4 Å². The molecule has 1 aliphatic rings. The number of nitrogens with zero attached hydrogens (tertiary/aromatic N) is 2. The molecule has 0 spiro atoms. The van der Waals surface area contributed by atoms with Crippen molar-refractivity contribution < 1.29 is 22.3 Å². The zero-order valence-electron chi connectivity index (χ0n) is 17.0. The van der Waals surface area contributed by atoms with Gasteiger partial charge in [-0.2, -0.15) is 0 Å². The lowest BCUT2D eigenvalue weighted by Crippen LogP contribution is -2.49. The quantitative estimate of drug-likeness (QED) is 0.721. The number of benzene rings is 2. The predicted octanol–water partition coefficient (Wildman–Crippen LogP) is 2.16. The number of methoxy groups -OCH3 is 1. The fourth-order valence-corrected chi connectivity index (χ4v) is 4.31. The molecule has 1 heterocycles. The second kappa shape index (κ2) is 9.44. The Kier molecular flexibility index (Phi) is 6.94. The van der Waals surface area contributed by atoms with E-state index in [0.29, 0.717) is 31.7 Å². The Bertz CT molecular complexity index is 974. The van der Waals surface area contributed by atoms with Crippen molar-refractivity contribution in [1.82, 2.24) is 9.62 Å². The van der Waals surface area contributed by atoms with Crippen LogP contribution >= 0.6 is 0 Å². The van der Waals surface area contributed by atoms with E-state index in [1.165, 1.54) is 24.3 Å². The van der Waals surface area contributed by atoms with Gasteiger partial charge in [0.25, 0.3) is 0 Å². The smallest absolute Gasteiger partial charge is 0.224 e. The summed E-state index contributed by atoms with van der Waals surface area (Å²) in [5.74, 6) is 0.210. The number of para-hydroxylation sites is 2. The monoisotopic (exact) mass is 435 g/mol. The lowest BCUT2D eigenvalue weighted by atomic mass is 10.0. The highest BCUT2D eigenvalue weighted by Gasteiger charge is 2.26. The standard InChI is InChI=1S/C21H26FN3O4S/c1-29-20-6-4-3-5-19(20)24-11-13-25(14-12-24)21(26)15-18(23-30(2,27)28)16-7-9-17(22)10-8-16/h3-10,18,23H,11-15H2,1-2H3/t18-/m1/s1. The molecule has 0 aliphatic carbocycles. The fraction of sp³-hybridized carbons (Fsp3) is 0.381. The van der Waals surface area contributed by atoms with Crippen LogP contribution in [0.25, 0.3) is 0 Å². The predicted molar refractivity (Wildman–Crippen MR) is 114 cm³/mol. The molecule has 7 nitrogen and oxygen atoms in total. The van der Waals surface area contributed by atoms with Crippen molar-refractivity contribution in [1.29, 1.82) is 0 Å². The van der Waals surface area contributed by atoms with Crippen molar-refractivity contribution in [2.45, 2.75) is 12.5 Å². The molecule has 0 saturated carbocycles. The van der Waals surface area contributed by atoms with Crippen LogP contribution in [0.2, 0.25) is 0 Å². The molecule has 1 aliphatic heterocycles. The van der Waals surface area contributed by atoms with Crippen LogP contribution in [0.5, 0.6) is 5.75 Å². The molecule has 9 heteroatoms. The first-order valence-electron chi connectivity index (χ1n) is 9.65. The minimum absolute atomic E-state index is 0.0344. The molecule has 1 amide bonds. The molecule has 3 rings (SSSR count). The highest BCUT2D eigenvalue weighted by atomic mass is 32.2. The molecular weight excluding hydrogens is 409 g/mol. The van der Waals surface area contributed by atoms with Gasteiger partial charge in [0.1, 0.15) is 11.6 Å². The Morgan fingerprint density at radius 3 is 2.33 bits per heavy atom. The zero-order valence-corrected chi connectivity index (χ0v) is 17.9. The molecule has 1 fully saturated rings. The number of nitrogens with one attached hydrogen (secondary N) is 1. The van der Waals surface area contributed by atoms with Gasteiger partial charge in [0.2, 0.25) is 15.9 Å². The summed E-state index contributed by atoms with van der Waals surface area (Å²) in [7, 11) is -1.92. The van der Waals surface area contributed by atoms with Crippen LogP contribution in [0.3, 0.4) is 0 Å². The topological polar surface area (TPSA) is 79.0 Å². The fourth-order valence-electron chi connectivity index (χ4n) is 3.57. The molecule has 2 aromatic carbocycles. The van der Waals surface area contributed by atoms with Crippen molar-refractivity contribution in [2.75, 3.05) is 44.4 Å². The SMILES string of the molecule is COc1ccccc1N1CCN(C(=O)C[C@@H](NS(C)(=O)=O)c2ccc(F)cc2)CC1. The number of rotatable bonds is 7. The number of sulfonamides is 1. The Morgan fingerprint density at radius 1 is 1.10 bits per heavy atom. The van der Waals surface area contributed by atoms with Gasteiger partial charge >= 0.3 is 0 Å². The van der Waals surface area contributed by atoms with Gasteiger partial charge in [-0.05, 0) is 29.8 Å². The summed E-state index contributed by atoms with van der Waals surface area (Å²) < 4.78 is 44.7. The first-order chi connectivity index (χ1) is 14.3. The van der Waals surface area contributed by atoms with Gasteiger partial charge in [-0.1, -0.05) is 24.3 Å². The molecule has 0 aromatic heterocycles. The molecular formula is C21H26FN3O4S. The zero-order chi connectivity index (χ0) is 21.7. The molecule has 0 unspecified atom stereocenters. The van der Waals surface area contributed by atoms with E-state index in [-0.39, 0.29) is 12.3 Å². The maximum Gasteiger partial charge on any atom is 0.224 e. The van der Waals surface area contributed by atoms with Crippen LogP contribution in [0.4, 0.5) is 10.1 Å². The summed E-state index contributed by atoms with van der Waals surface area (Å²) in [6.07, 6.45) is 1.01. The molecule has 2 aromatic rings. The molecule has 1 saturated heterocycles. The number of ether oxygens (including phenoxy) is 1. The van der Waals surface area contributed by atoms with E-state index in [1.807, 2.05) is 24.3 Å². The van der Waals surface area contributed by atoms with Gasteiger partial charge in [0.15, 0.2) is 0 Å². The van der Waals surface area contributed by atoms with Gasteiger partial charge in [-0.3, -0.25) is 4.79 Å². The number of hydrogen-bond acceptors (Lipinski definition) is 5. The van der Waals surface area contributed by atoms with Crippen molar-refractivity contribution in [3.05, 3.63) is 59.9 Å².